The zero-order chi connectivity index (χ0) is 17.6. The predicted molar refractivity (Wildman–Crippen MR) is 98.8 cm³/mol. The molecule has 3 aromatic rings. The van der Waals surface area contributed by atoms with Crippen LogP contribution in [0.15, 0.2) is 36.4 Å². The summed E-state index contributed by atoms with van der Waals surface area (Å²) in [5.74, 6) is 0.0498. The quantitative estimate of drug-likeness (QED) is 0.547. The van der Waals surface area contributed by atoms with Crippen molar-refractivity contribution in [3.05, 3.63) is 64.5 Å². The maximum atomic E-state index is 14.3. The number of halogens is 1. The topological polar surface area (TPSA) is 3.88 Å². The Labute approximate surface area is 143 Å². The van der Waals surface area contributed by atoms with E-state index in [1.54, 1.807) is 6.07 Å². The minimum Gasteiger partial charge on any atom is -0.207 e. The molecule has 0 radical (unpaired) electrons. The Hall–Kier alpha value is -2.22. The lowest BCUT2D eigenvalue weighted by atomic mass is 9.96. The lowest BCUT2D eigenvalue weighted by Crippen LogP contribution is -2.32. The second-order valence-corrected chi connectivity index (χ2v) is 7.12. The van der Waals surface area contributed by atoms with Crippen molar-refractivity contribution in [3.63, 3.8) is 0 Å². The molecular formula is C22H25FN+. The van der Waals surface area contributed by atoms with Gasteiger partial charge in [0.15, 0.2) is 0 Å². The number of nitrogens with zero attached hydrogens (tertiary/aromatic N) is 1. The number of fused-ring (bicyclic) bond motifs is 1. The molecule has 0 N–H and O–H groups in total. The normalized spacial score (nSPS) is 11.5. The molecule has 3 rings (SSSR count). The average molecular weight is 322 g/mol. The van der Waals surface area contributed by atoms with Crippen LogP contribution in [0.25, 0.3) is 22.2 Å². The number of hydrogen-bond donors (Lipinski definition) is 0. The van der Waals surface area contributed by atoms with E-state index >= 15 is 0 Å². The highest BCUT2D eigenvalue weighted by molar-refractivity contribution is 5.79. The van der Waals surface area contributed by atoms with Gasteiger partial charge in [-0.3, -0.25) is 0 Å². The smallest absolute Gasteiger partial charge is 0.207 e. The Balaban J connectivity index is 2.32. The van der Waals surface area contributed by atoms with E-state index in [1.165, 1.54) is 22.3 Å². The van der Waals surface area contributed by atoms with Crippen LogP contribution in [-0.2, 0) is 7.05 Å². The lowest BCUT2D eigenvalue weighted by Gasteiger charge is -2.12. The first-order valence-electron chi connectivity index (χ1n) is 8.50. The first-order chi connectivity index (χ1) is 11.3. The van der Waals surface area contributed by atoms with E-state index in [9.17, 15) is 4.39 Å². The third-order valence-electron chi connectivity index (χ3n) is 5.00. The van der Waals surface area contributed by atoms with Crippen LogP contribution < -0.4 is 4.57 Å². The molecule has 1 nitrogen and oxygen atoms in total. The van der Waals surface area contributed by atoms with Crippen LogP contribution in [0.1, 0.15) is 42.0 Å². The molecule has 1 aromatic heterocycles. The Kier molecular flexibility index (Phi) is 4.16. The predicted octanol–water partition coefficient (Wildman–Crippen LogP) is 5.52. The lowest BCUT2D eigenvalue weighted by molar-refractivity contribution is -0.633. The first-order valence-corrected chi connectivity index (χ1v) is 8.50. The van der Waals surface area contributed by atoms with Crippen LogP contribution in [0.4, 0.5) is 4.39 Å². The van der Waals surface area contributed by atoms with Gasteiger partial charge < -0.3 is 0 Å². The van der Waals surface area contributed by atoms with Gasteiger partial charge in [0.2, 0.25) is 11.2 Å². The molecule has 124 valence electrons. The summed E-state index contributed by atoms with van der Waals surface area (Å²) in [5.41, 5.74) is 8.09. The van der Waals surface area contributed by atoms with Crippen LogP contribution in [-0.4, -0.2) is 0 Å². The van der Waals surface area contributed by atoms with Gasteiger partial charge in [0.1, 0.15) is 12.9 Å². The van der Waals surface area contributed by atoms with Crippen molar-refractivity contribution in [3.8, 4) is 11.3 Å². The Morgan fingerprint density at radius 2 is 1.67 bits per heavy atom. The maximum Gasteiger partial charge on any atom is 0.213 e. The summed E-state index contributed by atoms with van der Waals surface area (Å²) in [4.78, 5) is 0. The molecule has 0 spiro atoms. The summed E-state index contributed by atoms with van der Waals surface area (Å²) in [6.07, 6.45) is 0. The molecule has 0 unspecified atom stereocenters. The summed E-state index contributed by atoms with van der Waals surface area (Å²) in [7, 11) is 2.07. The number of benzene rings is 2. The molecular weight excluding hydrogens is 297 g/mol. The highest BCUT2D eigenvalue weighted by atomic mass is 19.1. The molecule has 0 saturated carbocycles. The first kappa shape index (κ1) is 16.6. The minimum atomic E-state index is -0.118. The van der Waals surface area contributed by atoms with Crippen molar-refractivity contribution >= 4 is 10.9 Å². The minimum absolute atomic E-state index is 0.118. The highest BCUT2D eigenvalue weighted by Crippen LogP contribution is 2.28. The van der Waals surface area contributed by atoms with Crippen LogP contribution in [0.3, 0.4) is 0 Å². The van der Waals surface area contributed by atoms with E-state index in [1.807, 2.05) is 26.0 Å². The molecule has 1 heterocycles. The summed E-state index contributed by atoms with van der Waals surface area (Å²) >= 11 is 0. The van der Waals surface area contributed by atoms with Crippen molar-refractivity contribution in [2.24, 2.45) is 7.05 Å². The number of aryl methyl sites for hydroxylation is 3. The van der Waals surface area contributed by atoms with Crippen molar-refractivity contribution in [1.29, 1.82) is 0 Å². The van der Waals surface area contributed by atoms with E-state index in [0.29, 0.717) is 0 Å². The standard InChI is InChI=1S/C22H25FN/c1-13(2)18-12-22-17(11-20(18)23)7-8-21(24(22)6)19-10-14(3)9-15(4)16(19)5/h7-13H,1-6H3/q+1. The van der Waals surface area contributed by atoms with Crippen molar-refractivity contribution in [2.45, 2.75) is 40.5 Å². The number of rotatable bonds is 2. The second kappa shape index (κ2) is 6.01. The molecule has 0 atom stereocenters. The van der Waals surface area contributed by atoms with Crippen LogP contribution in [0, 0.1) is 26.6 Å². The molecule has 0 bridgehead atoms. The van der Waals surface area contributed by atoms with Gasteiger partial charge in [-0.15, -0.1) is 0 Å². The number of pyridine rings is 1. The van der Waals surface area contributed by atoms with Gasteiger partial charge in [-0.05, 0) is 61.6 Å². The van der Waals surface area contributed by atoms with E-state index < -0.39 is 0 Å². The summed E-state index contributed by atoms with van der Waals surface area (Å²) < 4.78 is 16.5. The highest BCUT2D eigenvalue weighted by Gasteiger charge is 2.19. The molecule has 0 saturated heterocycles. The van der Waals surface area contributed by atoms with Gasteiger partial charge in [0, 0.05) is 23.1 Å². The Morgan fingerprint density at radius 3 is 2.33 bits per heavy atom. The van der Waals surface area contributed by atoms with E-state index in [4.69, 9.17) is 0 Å². The molecule has 24 heavy (non-hydrogen) atoms. The number of aromatic nitrogens is 1. The fourth-order valence-electron chi connectivity index (χ4n) is 3.45. The molecule has 0 aliphatic heterocycles. The number of hydrogen-bond acceptors (Lipinski definition) is 0. The van der Waals surface area contributed by atoms with E-state index in [-0.39, 0.29) is 11.7 Å². The third kappa shape index (κ3) is 2.71. The van der Waals surface area contributed by atoms with Crippen molar-refractivity contribution in [2.75, 3.05) is 0 Å². The van der Waals surface area contributed by atoms with Crippen LogP contribution in [0.2, 0.25) is 0 Å². The zero-order valence-electron chi connectivity index (χ0n) is 15.4. The summed E-state index contributed by atoms with van der Waals surface area (Å²) in [6.45, 7) is 10.5. The monoisotopic (exact) mass is 322 g/mol. The SMILES string of the molecule is Cc1cc(C)c(C)c(-c2ccc3cc(F)c(C(C)C)cc3[n+]2C)c1. The van der Waals surface area contributed by atoms with E-state index in [2.05, 4.69) is 50.6 Å². The summed E-state index contributed by atoms with van der Waals surface area (Å²) in [5, 5.41) is 0.935. The average Bonchev–Trinajstić information content (AvgIpc) is 2.51. The van der Waals surface area contributed by atoms with Gasteiger partial charge in [-0.1, -0.05) is 25.5 Å². The molecule has 0 aliphatic carbocycles. The maximum absolute atomic E-state index is 14.3. The fourth-order valence-corrected chi connectivity index (χ4v) is 3.45. The Bertz CT molecular complexity index is 939. The molecule has 2 aromatic carbocycles. The van der Waals surface area contributed by atoms with Gasteiger partial charge in [-0.2, -0.15) is 4.57 Å². The second-order valence-electron chi connectivity index (χ2n) is 7.12. The molecule has 0 fully saturated rings. The van der Waals surface area contributed by atoms with Crippen LogP contribution in [0.5, 0.6) is 0 Å². The van der Waals surface area contributed by atoms with E-state index in [0.717, 1.165) is 22.2 Å². The van der Waals surface area contributed by atoms with Crippen molar-refractivity contribution in [1.82, 2.24) is 0 Å². The Morgan fingerprint density at radius 1 is 0.958 bits per heavy atom. The summed E-state index contributed by atoms with van der Waals surface area (Å²) in [6, 6.07) is 12.2. The van der Waals surface area contributed by atoms with Gasteiger partial charge in [0.25, 0.3) is 0 Å². The fraction of sp³-hybridized carbons (Fsp3) is 0.318. The largest absolute Gasteiger partial charge is 0.213 e. The molecule has 0 aliphatic rings. The van der Waals surface area contributed by atoms with Gasteiger partial charge in [0.05, 0.1) is 0 Å². The van der Waals surface area contributed by atoms with Gasteiger partial charge >= 0.3 is 0 Å². The van der Waals surface area contributed by atoms with Crippen LogP contribution >= 0.6 is 0 Å². The molecule has 2 heteroatoms. The third-order valence-corrected chi connectivity index (χ3v) is 5.00. The van der Waals surface area contributed by atoms with Crippen molar-refractivity contribution < 1.29 is 8.96 Å². The zero-order valence-corrected chi connectivity index (χ0v) is 15.4. The van der Waals surface area contributed by atoms with Gasteiger partial charge in [-0.25, -0.2) is 4.39 Å². The molecule has 0 amide bonds.